The lowest BCUT2D eigenvalue weighted by Crippen LogP contribution is -2.35. The van der Waals surface area contributed by atoms with E-state index < -0.39 is 5.97 Å². The summed E-state index contributed by atoms with van der Waals surface area (Å²) in [6.45, 7) is 7.33. The summed E-state index contributed by atoms with van der Waals surface area (Å²) in [5.41, 5.74) is 3.14. The second-order valence-electron chi connectivity index (χ2n) is 9.16. The molecule has 0 radical (unpaired) electrons. The van der Waals surface area contributed by atoms with Gasteiger partial charge in [0.1, 0.15) is 11.5 Å². The van der Waals surface area contributed by atoms with Crippen molar-refractivity contribution < 1.29 is 28.3 Å². The molecule has 0 N–H and O–H groups in total. The molecule has 3 amide bonds. The number of benzene rings is 2. The highest BCUT2D eigenvalue weighted by atomic mass is 16.5. The Balaban J connectivity index is 1.37. The number of hydrogen-bond acceptors (Lipinski definition) is 7. The topological polar surface area (TPSA) is 109 Å². The minimum absolute atomic E-state index is 0.239. The third-order valence-corrected chi connectivity index (χ3v) is 6.32. The van der Waals surface area contributed by atoms with Gasteiger partial charge in [-0.2, -0.15) is 10.1 Å². The Morgan fingerprint density at radius 1 is 0.974 bits per heavy atom. The summed E-state index contributed by atoms with van der Waals surface area (Å²) in [7, 11) is 0. The molecule has 0 saturated carbocycles. The number of amides is 3. The standard InChI is InChI=1S/C29H25N3O6/c1-5-37-29(36)18-6-9-20(10-7-18)32-28(35)23(17(4)30-32)15-21-11-13-25(38-21)19-8-12-22-24(14-19)27(34)31(16(2)3)26(22)33/h6-16H,5H2,1-4H3/b23-15-. The Labute approximate surface area is 219 Å². The lowest BCUT2D eigenvalue weighted by Gasteiger charge is -2.17. The first-order valence-electron chi connectivity index (χ1n) is 12.2. The van der Waals surface area contributed by atoms with Crippen molar-refractivity contribution in [2.45, 2.75) is 33.7 Å². The van der Waals surface area contributed by atoms with Crippen LogP contribution < -0.4 is 5.01 Å². The van der Waals surface area contributed by atoms with E-state index >= 15 is 0 Å². The van der Waals surface area contributed by atoms with Gasteiger partial charge in [0.15, 0.2) is 0 Å². The first-order valence-corrected chi connectivity index (χ1v) is 12.2. The molecule has 0 fully saturated rings. The normalized spacial score (nSPS) is 16.1. The van der Waals surface area contributed by atoms with Crippen molar-refractivity contribution in [1.29, 1.82) is 0 Å². The van der Waals surface area contributed by atoms with E-state index in [-0.39, 0.29) is 30.4 Å². The van der Waals surface area contributed by atoms with Crippen LogP contribution in [-0.2, 0) is 9.53 Å². The van der Waals surface area contributed by atoms with Gasteiger partial charge in [0.2, 0.25) is 0 Å². The fourth-order valence-electron chi connectivity index (χ4n) is 4.42. The molecule has 5 rings (SSSR count). The van der Waals surface area contributed by atoms with Crippen LogP contribution in [-0.4, -0.2) is 47.0 Å². The number of fused-ring (bicyclic) bond motifs is 1. The molecule has 38 heavy (non-hydrogen) atoms. The predicted octanol–water partition coefficient (Wildman–Crippen LogP) is 4.93. The van der Waals surface area contributed by atoms with Gasteiger partial charge in [-0.3, -0.25) is 19.3 Å². The number of esters is 1. The number of carbonyl (C=O) groups excluding carboxylic acids is 4. The molecule has 3 aromatic rings. The van der Waals surface area contributed by atoms with Gasteiger partial charge < -0.3 is 9.15 Å². The average Bonchev–Trinajstić information content (AvgIpc) is 3.55. The number of ether oxygens (including phenoxy) is 1. The number of rotatable bonds is 6. The molecule has 0 spiro atoms. The fourth-order valence-corrected chi connectivity index (χ4v) is 4.42. The summed E-state index contributed by atoms with van der Waals surface area (Å²) in [5.74, 6) is -0.462. The quantitative estimate of drug-likeness (QED) is 0.264. The third-order valence-electron chi connectivity index (χ3n) is 6.32. The van der Waals surface area contributed by atoms with Crippen LogP contribution in [0.15, 0.2) is 69.7 Å². The molecule has 9 heteroatoms. The molecular formula is C29H25N3O6. The van der Waals surface area contributed by atoms with E-state index in [0.29, 0.717) is 50.7 Å². The van der Waals surface area contributed by atoms with E-state index in [4.69, 9.17) is 9.15 Å². The number of imide groups is 1. The molecule has 0 unspecified atom stereocenters. The highest BCUT2D eigenvalue weighted by molar-refractivity contribution is 6.32. The maximum absolute atomic E-state index is 13.1. The minimum Gasteiger partial charge on any atom is -0.462 e. The van der Waals surface area contributed by atoms with Crippen molar-refractivity contribution >= 4 is 41.2 Å². The molecule has 3 heterocycles. The monoisotopic (exact) mass is 511 g/mol. The third kappa shape index (κ3) is 4.21. The van der Waals surface area contributed by atoms with Gasteiger partial charge in [0.25, 0.3) is 17.7 Å². The highest BCUT2D eigenvalue weighted by Gasteiger charge is 2.37. The zero-order valence-electron chi connectivity index (χ0n) is 21.3. The Bertz CT molecular complexity index is 1540. The van der Waals surface area contributed by atoms with Gasteiger partial charge in [-0.05, 0) is 82.3 Å². The Hall–Kier alpha value is -4.79. The molecule has 0 aliphatic carbocycles. The summed E-state index contributed by atoms with van der Waals surface area (Å²) in [6.07, 6.45) is 1.61. The SMILES string of the molecule is CCOC(=O)c1ccc(N2N=C(C)/C(=C/c3ccc(-c4ccc5c(c4)C(=O)N(C(C)C)C5=O)o3)C2=O)cc1. The zero-order valence-corrected chi connectivity index (χ0v) is 21.3. The van der Waals surface area contributed by atoms with Crippen molar-refractivity contribution in [2.24, 2.45) is 5.10 Å². The summed E-state index contributed by atoms with van der Waals surface area (Å²) < 4.78 is 11.0. The molecule has 2 aromatic carbocycles. The van der Waals surface area contributed by atoms with Crippen molar-refractivity contribution in [3.63, 3.8) is 0 Å². The van der Waals surface area contributed by atoms with Crippen LogP contribution in [0.4, 0.5) is 5.69 Å². The average molecular weight is 512 g/mol. The number of nitrogens with zero attached hydrogens (tertiary/aromatic N) is 3. The number of furan rings is 1. The van der Waals surface area contributed by atoms with Gasteiger partial charge in [-0.15, -0.1) is 0 Å². The second kappa shape index (κ2) is 9.59. The number of carbonyl (C=O) groups is 4. The maximum atomic E-state index is 13.1. The van der Waals surface area contributed by atoms with E-state index in [1.807, 2.05) is 0 Å². The Morgan fingerprint density at radius 2 is 1.68 bits per heavy atom. The van der Waals surface area contributed by atoms with E-state index in [9.17, 15) is 19.2 Å². The highest BCUT2D eigenvalue weighted by Crippen LogP contribution is 2.32. The first kappa shape index (κ1) is 24.9. The number of hydrazone groups is 1. The van der Waals surface area contributed by atoms with Crippen LogP contribution in [0.25, 0.3) is 17.4 Å². The van der Waals surface area contributed by atoms with Crippen LogP contribution in [0, 0.1) is 0 Å². The van der Waals surface area contributed by atoms with Gasteiger partial charge >= 0.3 is 5.97 Å². The van der Waals surface area contributed by atoms with Crippen molar-refractivity contribution in [3.05, 3.63) is 82.6 Å². The van der Waals surface area contributed by atoms with Gasteiger partial charge in [-0.1, -0.05) is 6.07 Å². The lowest BCUT2D eigenvalue weighted by molar-refractivity contribution is -0.114. The lowest BCUT2D eigenvalue weighted by atomic mass is 10.0. The van der Waals surface area contributed by atoms with E-state index in [0.717, 1.165) is 0 Å². The number of hydrogen-bond donors (Lipinski definition) is 0. The van der Waals surface area contributed by atoms with Gasteiger partial charge in [-0.25, -0.2) is 4.79 Å². The Morgan fingerprint density at radius 3 is 2.37 bits per heavy atom. The molecule has 0 saturated heterocycles. The van der Waals surface area contributed by atoms with Crippen LogP contribution in [0.3, 0.4) is 0 Å². The van der Waals surface area contributed by atoms with Gasteiger partial charge in [0.05, 0.1) is 40.3 Å². The van der Waals surface area contributed by atoms with Crippen molar-refractivity contribution in [1.82, 2.24) is 4.90 Å². The summed E-state index contributed by atoms with van der Waals surface area (Å²) in [5, 5.41) is 5.64. The maximum Gasteiger partial charge on any atom is 0.338 e. The molecule has 0 atom stereocenters. The largest absolute Gasteiger partial charge is 0.462 e. The summed E-state index contributed by atoms with van der Waals surface area (Å²) in [4.78, 5) is 51.6. The van der Waals surface area contributed by atoms with E-state index in [1.54, 1.807) is 88.4 Å². The van der Waals surface area contributed by atoms with Crippen molar-refractivity contribution in [2.75, 3.05) is 11.6 Å². The summed E-state index contributed by atoms with van der Waals surface area (Å²) in [6, 6.07) is 14.7. The van der Waals surface area contributed by atoms with Crippen LogP contribution in [0.5, 0.6) is 0 Å². The Kier molecular flexibility index (Phi) is 6.28. The molecular weight excluding hydrogens is 486 g/mol. The minimum atomic E-state index is -0.433. The van der Waals surface area contributed by atoms with E-state index in [2.05, 4.69) is 5.10 Å². The predicted molar refractivity (Wildman–Crippen MR) is 141 cm³/mol. The van der Waals surface area contributed by atoms with Gasteiger partial charge in [0, 0.05) is 11.6 Å². The van der Waals surface area contributed by atoms with E-state index in [1.165, 1.54) is 9.91 Å². The fraction of sp³-hybridized carbons (Fsp3) is 0.207. The van der Waals surface area contributed by atoms with Crippen LogP contribution in [0.2, 0.25) is 0 Å². The zero-order chi connectivity index (χ0) is 27.1. The molecule has 9 nitrogen and oxygen atoms in total. The molecule has 1 aromatic heterocycles. The van der Waals surface area contributed by atoms with Crippen molar-refractivity contribution in [3.8, 4) is 11.3 Å². The van der Waals surface area contributed by atoms with Crippen LogP contribution in [0.1, 0.15) is 64.5 Å². The van der Waals surface area contributed by atoms with Crippen LogP contribution >= 0.6 is 0 Å². The summed E-state index contributed by atoms with van der Waals surface area (Å²) >= 11 is 0. The molecule has 2 aliphatic rings. The first-order chi connectivity index (χ1) is 18.2. The molecule has 2 aliphatic heterocycles. The second-order valence-corrected chi connectivity index (χ2v) is 9.16. The molecule has 0 bridgehead atoms. The number of anilines is 1. The smallest absolute Gasteiger partial charge is 0.338 e. The molecule has 192 valence electrons.